The van der Waals surface area contributed by atoms with E-state index in [0.717, 1.165) is 5.69 Å². The lowest BCUT2D eigenvalue weighted by atomic mass is 10.2. The second-order valence-electron chi connectivity index (χ2n) is 8.57. The maximum absolute atomic E-state index is 12.5. The number of hydrogen-bond acceptors (Lipinski definition) is 8. The Labute approximate surface area is 181 Å². The van der Waals surface area contributed by atoms with Gasteiger partial charge >= 0.3 is 11.8 Å². The molecule has 2 aromatic rings. The van der Waals surface area contributed by atoms with Crippen LogP contribution in [0.4, 0.5) is 27.8 Å². The molecule has 1 amide bonds. The maximum atomic E-state index is 12.5. The molecule has 10 nitrogen and oxygen atoms in total. The van der Waals surface area contributed by atoms with Crippen molar-refractivity contribution in [2.75, 3.05) is 29.9 Å². The maximum Gasteiger partial charge on any atom is 0.410 e. The van der Waals surface area contributed by atoms with Gasteiger partial charge < -0.3 is 19.9 Å². The van der Waals surface area contributed by atoms with Crippen molar-refractivity contribution in [2.45, 2.75) is 46.3 Å². The zero-order chi connectivity index (χ0) is 22.8. The van der Waals surface area contributed by atoms with Crippen molar-refractivity contribution in [3.05, 3.63) is 46.3 Å². The highest BCUT2D eigenvalue weighted by molar-refractivity contribution is 5.70. The SMILES string of the molecule is Cc1cc(Nc2nc(N3CCN(C(=O)OC(C)(C)C)[C@@H](C)C3)ccc2[N+](=O)[O-])ccn1. The first-order chi connectivity index (χ1) is 14.5. The van der Waals surface area contributed by atoms with E-state index < -0.39 is 10.5 Å². The Bertz CT molecular complexity index is 975. The molecule has 1 aliphatic rings. The van der Waals surface area contributed by atoms with Crippen LogP contribution in [0.3, 0.4) is 0 Å². The number of ether oxygens (including phenoxy) is 1. The highest BCUT2D eigenvalue weighted by Gasteiger charge is 2.32. The Kier molecular flexibility index (Phi) is 6.28. The van der Waals surface area contributed by atoms with Crippen molar-refractivity contribution >= 4 is 29.1 Å². The Hall–Kier alpha value is -3.43. The van der Waals surface area contributed by atoms with E-state index in [1.807, 2.05) is 39.5 Å². The van der Waals surface area contributed by atoms with E-state index in [9.17, 15) is 14.9 Å². The van der Waals surface area contributed by atoms with Crippen molar-refractivity contribution < 1.29 is 14.5 Å². The molecule has 3 rings (SSSR count). The summed E-state index contributed by atoms with van der Waals surface area (Å²) < 4.78 is 5.49. The summed E-state index contributed by atoms with van der Waals surface area (Å²) in [5.41, 5.74) is 0.789. The smallest absolute Gasteiger partial charge is 0.410 e. The summed E-state index contributed by atoms with van der Waals surface area (Å²) in [7, 11) is 0. The molecule has 1 atom stereocenters. The van der Waals surface area contributed by atoms with E-state index >= 15 is 0 Å². The summed E-state index contributed by atoms with van der Waals surface area (Å²) in [5.74, 6) is 0.768. The summed E-state index contributed by atoms with van der Waals surface area (Å²) in [4.78, 5) is 35.9. The molecule has 0 unspecified atom stereocenters. The molecule has 1 fully saturated rings. The molecule has 0 aromatic carbocycles. The van der Waals surface area contributed by atoms with Crippen LogP contribution in [0.1, 0.15) is 33.4 Å². The largest absolute Gasteiger partial charge is 0.444 e. The number of pyridine rings is 2. The van der Waals surface area contributed by atoms with Gasteiger partial charge in [-0.1, -0.05) is 0 Å². The third kappa shape index (κ3) is 5.59. The van der Waals surface area contributed by atoms with E-state index in [1.54, 1.807) is 29.3 Å². The molecule has 1 saturated heterocycles. The van der Waals surface area contributed by atoms with Crippen molar-refractivity contribution in [3.8, 4) is 0 Å². The van der Waals surface area contributed by atoms with Gasteiger partial charge in [0, 0.05) is 49.3 Å². The first-order valence-electron chi connectivity index (χ1n) is 10.1. The van der Waals surface area contributed by atoms with Crippen LogP contribution in [0.2, 0.25) is 0 Å². The highest BCUT2D eigenvalue weighted by atomic mass is 16.6. The predicted molar refractivity (Wildman–Crippen MR) is 118 cm³/mol. The summed E-state index contributed by atoms with van der Waals surface area (Å²) in [6, 6.07) is 6.51. The summed E-state index contributed by atoms with van der Waals surface area (Å²) in [6.45, 7) is 10.9. The predicted octanol–water partition coefficient (Wildman–Crippen LogP) is 3.88. The number of nitrogens with zero attached hydrogens (tertiary/aromatic N) is 5. The number of amides is 1. The van der Waals surface area contributed by atoms with Gasteiger partial charge in [-0.15, -0.1) is 0 Å². The molecular formula is C21H28N6O4. The van der Waals surface area contributed by atoms with Crippen LogP contribution < -0.4 is 10.2 Å². The minimum Gasteiger partial charge on any atom is -0.444 e. The number of aromatic nitrogens is 2. The monoisotopic (exact) mass is 428 g/mol. The molecule has 0 aliphatic carbocycles. The Morgan fingerprint density at radius 2 is 2.03 bits per heavy atom. The number of nitrogens with one attached hydrogen (secondary N) is 1. The summed E-state index contributed by atoms with van der Waals surface area (Å²) in [6.07, 6.45) is 1.29. The molecule has 31 heavy (non-hydrogen) atoms. The van der Waals surface area contributed by atoms with Crippen LogP contribution in [-0.2, 0) is 4.74 Å². The summed E-state index contributed by atoms with van der Waals surface area (Å²) >= 11 is 0. The Morgan fingerprint density at radius 1 is 1.29 bits per heavy atom. The van der Waals surface area contributed by atoms with Gasteiger partial charge in [-0.3, -0.25) is 15.1 Å². The van der Waals surface area contributed by atoms with Crippen molar-refractivity contribution in [2.24, 2.45) is 0 Å². The number of hydrogen-bond donors (Lipinski definition) is 1. The summed E-state index contributed by atoms with van der Waals surface area (Å²) in [5, 5.41) is 14.5. The zero-order valence-corrected chi connectivity index (χ0v) is 18.5. The zero-order valence-electron chi connectivity index (χ0n) is 18.5. The van der Waals surface area contributed by atoms with Gasteiger partial charge in [0.05, 0.1) is 4.92 Å². The van der Waals surface area contributed by atoms with E-state index in [-0.39, 0.29) is 23.6 Å². The number of piperazine rings is 1. The Balaban J connectivity index is 1.79. The van der Waals surface area contributed by atoms with Gasteiger partial charge in [-0.05, 0) is 52.8 Å². The number of anilines is 3. The molecular weight excluding hydrogens is 400 g/mol. The molecule has 3 heterocycles. The highest BCUT2D eigenvalue weighted by Crippen LogP contribution is 2.29. The standard InChI is InChI=1S/C21H28N6O4/c1-14-12-16(8-9-22-14)23-19-17(27(29)30)6-7-18(24-19)25-10-11-26(15(2)13-25)20(28)31-21(3,4)5/h6-9,12,15H,10-11,13H2,1-5H3,(H,22,23,24)/t15-/m0/s1. The number of rotatable bonds is 4. The number of aryl methyl sites for hydroxylation is 1. The Morgan fingerprint density at radius 3 is 2.65 bits per heavy atom. The number of nitro groups is 1. The van der Waals surface area contributed by atoms with E-state index in [0.29, 0.717) is 31.1 Å². The van der Waals surface area contributed by atoms with Gasteiger partial charge in [-0.2, -0.15) is 0 Å². The van der Waals surface area contributed by atoms with Gasteiger partial charge in [0.15, 0.2) is 0 Å². The van der Waals surface area contributed by atoms with E-state index in [1.165, 1.54) is 6.07 Å². The first kappa shape index (κ1) is 22.3. The van der Waals surface area contributed by atoms with Gasteiger partial charge in [-0.25, -0.2) is 9.78 Å². The van der Waals surface area contributed by atoms with E-state index in [2.05, 4.69) is 15.3 Å². The van der Waals surface area contributed by atoms with Crippen LogP contribution in [0.25, 0.3) is 0 Å². The quantitative estimate of drug-likeness (QED) is 0.576. The van der Waals surface area contributed by atoms with Crippen molar-refractivity contribution in [3.63, 3.8) is 0 Å². The van der Waals surface area contributed by atoms with Crippen molar-refractivity contribution in [1.29, 1.82) is 0 Å². The van der Waals surface area contributed by atoms with Crippen LogP contribution in [0, 0.1) is 17.0 Å². The van der Waals surface area contributed by atoms with Gasteiger partial charge in [0.1, 0.15) is 11.4 Å². The first-order valence-corrected chi connectivity index (χ1v) is 10.1. The van der Waals surface area contributed by atoms with Crippen LogP contribution in [0.15, 0.2) is 30.5 Å². The van der Waals surface area contributed by atoms with E-state index in [4.69, 9.17) is 4.74 Å². The fourth-order valence-electron chi connectivity index (χ4n) is 3.37. The second-order valence-corrected chi connectivity index (χ2v) is 8.57. The fourth-order valence-corrected chi connectivity index (χ4v) is 3.37. The molecule has 10 heteroatoms. The van der Waals surface area contributed by atoms with Crippen LogP contribution in [-0.4, -0.2) is 57.2 Å². The lowest BCUT2D eigenvalue weighted by Crippen LogP contribution is -2.55. The molecule has 0 spiro atoms. The third-order valence-corrected chi connectivity index (χ3v) is 4.79. The van der Waals surface area contributed by atoms with Crippen LogP contribution in [0.5, 0.6) is 0 Å². The minimum absolute atomic E-state index is 0.0974. The molecule has 166 valence electrons. The molecule has 1 aliphatic heterocycles. The molecule has 1 N–H and O–H groups in total. The molecule has 0 radical (unpaired) electrons. The molecule has 2 aromatic heterocycles. The molecule has 0 saturated carbocycles. The second kappa shape index (κ2) is 8.75. The lowest BCUT2D eigenvalue weighted by molar-refractivity contribution is -0.384. The normalized spacial score (nSPS) is 16.7. The van der Waals surface area contributed by atoms with Crippen molar-refractivity contribution in [1.82, 2.24) is 14.9 Å². The lowest BCUT2D eigenvalue weighted by Gasteiger charge is -2.40. The fraction of sp³-hybridized carbons (Fsp3) is 0.476. The topological polar surface area (TPSA) is 114 Å². The molecule has 0 bridgehead atoms. The number of carbonyl (C=O) groups is 1. The number of carbonyl (C=O) groups excluding carboxylic acids is 1. The minimum atomic E-state index is -0.556. The average molecular weight is 428 g/mol. The van der Waals surface area contributed by atoms with Crippen LogP contribution >= 0.6 is 0 Å². The van der Waals surface area contributed by atoms with Gasteiger partial charge in [0.25, 0.3) is 0 Å². The average Bonchev–Trinajstić information content (AvgIpc) is 2.66. The third-order valence-electron chi connectivity index (χ3n) is 4.79. The van der Waals surface area contributed by atoms with Gasteiger partial charge in [0.2, 0.25) is 5.82 Å².